The number of rotatable bonds is 4. The zero-order valence-electron chi connectivity index (χ0n) is 16.2. The van der Waals surface area contributed by atoms with E-state index in [2.05, 4.69) is 12.2 Å². The first-order valence-corrected chi connectivity index (χ1v) is 9.55. The molecule has 2 aliphatic carbocycles. The van der Waals surface area contributed by atoms with Gasteiger partial charge in [0, 0.05) is 5.41 Å². The van der Waals surface area contributed by atoms with E-state index in [4.69, 9.17) is 4.74 Å². The van der Waals surface area contributed by atoms with Gasteiger partial charge in [0.05, 0.1) is 23.1 Å². The van der Waals surface area contributed by atoms with E-state index in [0.29, 0.717) is 5.69 Å². The summed E-state index contributed by atoms with van der Waals surface area (Å²) in [6.45, 7) is 5.00. The maximum absolute atomic E-state index is 12.8. The molecule has 2 amide bonds. The van der Waals surface area contributed by atoms with Crippen LogP contribution in [0.15, 0.2) is 36.4 Å². The van der Waals surface area contributed by atoms with Crippen LogP contribution in [0.1, 0.15) is 37.6 Å². The molecule has 28 heavy (non-hydrogen) atoms. The second kappa shape index (κ2) is 6.40. The number of fused-ring (bicyclic) bond motifs is 5. The Morgan fingerprint density at radius 1 is 1.00 bits per heavy atom. The second-order valence-electron chi connectivity index (χ2n) is 8.81. The van der Waals surface area contributed by atoms with E-state index in [1.54, 1.807) is 32.9 Å². The number of esters is 1. The molecule has 1 saturated heterocycles. The van der Waals surface area contributed by atoms with Gasteiger partial charge in [0.15, 0.2) is 12.4 Å². The SMILES string of the molecule is CC(C)(C)C(=O)COC(=O)c1ccc(N2C(=O)[C@@H]3[C@@H](C2=O)[C@H]2C=C[C@@H]3C2)cc1. The van der Waals surface area contributed by atoms with Crippen molar-refractivity contribution in [2.45, 2.75) is 27.2 Å². The van der Waals surface area contributed by atoms with Crippen molar-refractivity contribution in [3.63, 3.8) is 0 Å². The number of benzene rings is 1. The third-order valence-corrected chi connectivity index (χ3v) is 6.00. The van der Waals surface area contributed by atoms with Crippen molar-refractivity contribution >= 4 is 29.3 Å². The quantitative estimate of drug-likeness (QED) is 0.455. The third-order valence-electron chi connectivity index (χ3n) is 6.00. The highest BCUT2D eigenvalue weighted by Gasteiger charge is 2.59. The Labute approximate surface area is 163 Å². The van der Waals surface area contributed by atoms with Crippen LogP contribution < -0.4 is 4.90 Å². The number of hydrogen-bond donors (Lipinski definition) is 0. The molecule has 3 aliphatic rings. The molecule has 2 fully saturated rings. The van der Waals surface area contributed by atoms with E-state index in [1.807, 2.05) is 0 Å². The molecule has 0 radical (unpaired) electrons. The number of ketones is 1. The molecule has 1 heterocycles. The fourth-order valence-corrected chi connectivity index (χ4v) is 4.33. The van der Waals surface area contributed by atoms with E-state index in [-0.39, 0.29) is 53.4 Å². The monoisotopic (exact) mass is 381 g/mol. The van der Waals surface area contributed by atoms with Gasteiger partial charge in [0.25, 0.3) is 0 Å². The van der Waals surface area contributed by atoms with Crippen molar-refractivity contribution in [2.24, 2.45) is 29.1 Å². The first-order chi connectivity index (χ1) is 13.2. The normalized spacial score (nSPS) is 28.0. The molecule has 0 spiro atoms. The smallest absolute Gasteiger partial charge is 0.338 e. The highest BCUT2D eigenvalue weighted by atomic mass is 16.5. The number of Topliss-reactive ketones (excluding diaryl/α,β-unsaturated/α-hetero) is 1. The summed E-state index contributed by atoms with van der Waals surface area (Å²) >= 11 is 0. The molecular formula is C22H23NO5. The molecule has 1 aromatic rings. The molecule has 0 aromatic heterocycles. The number of carbonyl (C=O) groups is 4. The van der Waals surface area contributed by atoms with Crippen LogP contribution >= 0.6 is 0 Å². The van der Waals surface area contributed by atoms with Crippen LogP contribution in [-0.2, 0) is 19.1 Å². The van der Waals surface area contributed by atoms with Gasteiger partial charge in [-0.3, -0.25) is 19.3 Å². The predicted octanol–water partition coefficient (Wildman–Crippen LogP) is 2.77. The summed E-state index contributed by atoms with van der Waals surface area (Å²) in [5, 5.41) is 0. The van der Waals surface area contributed by atoms with Crippen LogP contribution in [0.2, 0.25) is 0 Å². The minimum Gasteiger partial charge on any atom is -0.454 e. The highest BCUT2D eigenvalue weighted by molar-refractivity contribution is 6.22. The summed E-state index contributed by atoms with van der Waals surface area (Å²) < 4.78 is 5.08. The largest absolute Gasteiger partial charge is 0.454 e. The predicted molar refractivity (Wildman–Crippen MR) is 101 cm³/mol. The summed E-state index contributed by atoms with van der Waals surface area (Å²) in [5.74, 6) is -1.28. The lowest BCUT2D eigenvalue weighted by Gasteiger charge is -2.18. The average molecular weight is 381 g/mol. The number of ether oxygens (including phenoxy) is 1. The maximum atomic E-state index is 12.8. The van der Waals surface area contributed by atoms with Crippen LogP contribution in [0.4, 0.5) is 5.69 Å². The van der Waals surface area contributed by atoms with Crippen LogP contribution in [0.3, 0.4) is 0 Å². The van der Waals surface area contributed by atoms with E-state index in [9.17, 15) is 19.2 Å². The van der Waals surface area contributed by atoms with Gasteiger partial charge >= 0.3 is 5.97 Å². The van der Waals surface area contributed by atoms with Gasteiger partial charge in [-0.1, -0.05) is 32.9 Å². The molecule has 1 saturated carbocycles. The van der Waals surface area contributed by atoms with Crippen molar-refractivity contribution in [1.82, 2.24) is 0 Å². The number of hydrogen-bond acceptors (Lipinski definition) is 5. The summed E-state index contributed by atoms with van der Waals surface area (Å²) in [6.07, 6.45) is 5.00. The Bertz CT molecular complexity index is 862. The summed E-state index contributed by atoms with van der Waals surface area (Å²) in [6, 6.07) is 6.18. The topological polar surface area (TPSA) is 80.8 Å². The van der Waals surface area contributed by atoms with Crippen LogP contribution in [-0.4, -0.2) is 30.2 Å². The zero-order valence-corrected chi connectivity index (χ0v) is 16.2. The van der Waals surface area contributed by atoms with Crippen LogP contribution in [0.5, 0.6) is 0 Å². The number of imide groups is 1. The van der Waals surface area contributed by atoms with Gasteiger partial charge in [0.2, 0.25) is 11.8 Å². The molecule has 6 heteroatoms. The minimum absolute atomic E-state index is 0.155. The van der Waals surface area contributed by atoms with Crippen LogP contribution in [0.25, 0.3) is 0 Å². The standard InChI is InChI=1S/C22H23NO5/c1-22(2,3)16(24)11-28-21(27)12-6-8-15(9-7-12)23-19(25)17-13-4-5-14(10-13)18(17)20(23)26/h4-9,13-14,17-18H,10-11H2,1-3H3/t13-,14+,17-,18-/m0/s1. The Morgan fingerprint density at radius 2 is 1.54 bits per heavy atom. The van der Waals surface area contributed by atoms with Gasteiger partial charge < -0.3 is 4.74 Å². The van der Waals surface area contributed by atoms with Crippen molar-refractivity contribution < 1.29 is 23.9 Å². The van der Waals surface area contributed by atoms with Crippen molar-refractivity contribution in [1.29, 1.82) is 0 Å². The van der Waals surface area contributed by atoms with Crippen molar-refractivity contribution in [3.8, 4) is 0 Å². The first-order valence-electron chi connectivity index (χ1n) is 9.55. The molecule has 4 atom stereocenters. The number of anilines is 1. The fourth-order valence-electron chi connectivity index (χ4n) is 4.33. The number of allylic oxidation sites excluding steroid dienone is 2. The molecule has 146 valence electrons. The number of carbonyl (C=O) groups excluding carboxylic acids is 4. The summed E-state index contributed by atoms with van der Waals surface area (Å²) in [7, 11) is 0. The molecular weight excluding hydrogens is 358 g/mol. The lowest BCUT2D eigenvalue weighted by molar-refractivity contribution is -0.129. The zero-order chi connectivity index (χ0) is 20.2. The minimum atomic E-state index is -0.609. The third kappa shape index (κ3) is 2.87. The Hall–Kier alpha value is -2.76. The van der Waals surface area contributed by atoms with E-state index in [0.717, 1.165) is 6.42 Å². The summed E-state index contributed by atoms with van der Waals surface area (Å²) in [4.78, 5) is 50.9. The van der Waals surface area contributed by atoms with E-state index < -0.39 is 11.4 Å². The first kappa shape index (κ1) is 18.6. The molecule has 2 bridgehead atoms. The average Bonchev–Trinajstić information content (AvgIpc) is 3.32. The Kier molecular flexibility index (Phi) is 4.25. The summed E-state index contributed by atoms with van der Waals surface area (Å²) in [5.41, 5.74) is 0.157. The molecule has 4 rings (SSSR count). The Morgan fingerprint density at radius 3 is 2.04 bits per heavy atom. The van der Waals surface area contributed by atoms with E-state index in [1.165, 1.54) is 17.0 Å². The van der Waals surface area contributed by atoms with Gasteiger partial charge in [-0.25, -0.2) is 4.79 Å². The number of amides is 2. The van der Waals surface area contributed by atoms with Gasteiger partial charge in [0.1, 0.15) is 0 Å². The second-order valence-corrected chi connectivity index (χ2v) is 8.81. The highest BCUT2D eigenvalue weighted by Crippen LogP contribution is 2.53. The van der Waals surface area contributed by atoms with Crippen molar-refractivity contribution in [2.75, 3.05) is 11.5 Å². The van der Waals surface area contributed by atoms with Gasteiger partial charge in [-0.15, -0.1) is 0 Å². The fraction of sp³-hybridized carbons (Fsp3) is 0.455. The molecule has 0 unspecified atom stereocenters. The molecule has 1 aliphatic heterocycles. The molecule has 1 aromatic carbocycles. The number of nitrogens with zero attached hydrogens (tertiary/aromatic N) is 1. The van der Waals surface area contributed by atoms with Crippen LogP contribution in [0, 0.1) is 29.1 Å². The lowest BCUT2D eigenvalue weighted by atomic mass is 9.85. The van der Waals surface area contributed by atoms with E-state index >= 15 is 0 Å². The van der Waals surface area contributed by atoms with Crippen molar-refractivity contribution in [3.05, 3.63) is 42.0 Å². The lowest BCUT2D eigenvalue weighted by Crippen LogP contribution is -2.32. The molecule has 6 nitrogen and oxygen atoms in total. The Balaban J connectivity index is 1.45. The maximum Gasteiger partial charge on any atom is 0.338 e. The molecule has 0 N–H and O–H groups in total. The van der Waals surface area contributed by atoms with Gasteiger partial charge in [-0.05, 0) is 42.5 Å². The van der Waals surface area contributed by atoms with Gasteiger partial charge in [-0.2, -0.15) is 0 Å².